The van der Waals surface area contributed by atoms with Crippen LogP contribution in [0.3, 0.4) is 0 Å². The minimum Gasteiger partial charge on any atom is -0.392 e. The van der Waals surface area contributed by atoms with Gasteiger partial charge in [0.25, 0.3) is 0 Å². The number of likely N-dealkylation sites (tertiary alicyclic amines) is 1. The van der Waals surface area contributed by atoms with Crippen molar-refractivity contribution in [2.75, 3.05) is 13.1 Å². The molecule has 60 valence electrons. The highest BCUT2D eigenvalue weighted by molar-refractivity contribution is 4.84. The summed E-state index contributed by atoms with van der Waals surface area (Å²) >= 11 is 0. The SMILES string of the molecule is CC(C)(C)N1CC[C@@H](O)C1. The molecular weight excluding hydrogens is 126 g/mol. The van der Waals surface area contributed by atoms with Crippen LogP contribution in [0, 0.1) is 0 Å². The molecule has 1 heterocycles. The molecule has 0 aromatic rings. The zero-order valence-electron chi connectivity index (χ0n) is 7.09. The number of aliphatic hydroxyl groups is 1. The van der Waals surface area contributed by atoms with E-state index >= 15 is 0 Å². The molecule has 1 saturated heterocycles. The van der Waals surface area contributed by atoms with Gasteiger partial charge in [-0.1, -0.05) is 0 Å². The van der Waals surface area contributed by atoms with E-state index in [1.807, 2.05) is 0 Å². The molecule has 1 rings (SSSR count). The molecule has 10 heavy (non-hydrogen) atoms. The molecule has 0 unspecified atom stereocenters. The predicted molar refractivity (Wildman–Crippen MR) is 41.9 cm³/mol. The van der Waals surface area contributed by atoms with E-state index in [0.29, 0.717) is 0 Å². The van der Waals surface area contributed by atoms with Gasteiger partial charge in [-0.05, 0) is 27.2 Å². The van der Waals surface area contributed by atoms with Gasteiger partial charge in [-0.3, -0.25) is 4.90 Å². The zero-order valence-corrected chi connectivity index (χ0v) is 7.09. The Bertz CT molecular complexity index is 117. The van der Waals surface area contributed by atoms with Crippen LogP contribution in [0.1, 0.15) is 27.2 Å². The maximum absolute atomic E-state index is 9.22. The Balaban J connectivity index is 2.45. The fourth-order valence-electron chi connectivity index (χ4n) is 1.35. The van der Waals surface area contributed by atoms with Crippen LogP contribution in [0.25, 0.3) is 0 Å². The molecular formula is C8H17NO. The van der Waals surface area contributed by atoms with Gasteiger partial charge >= 0.3 is 0 Å². The molecule has 0 radical (unpaired) electrons. The third kappa shape index (κ3) is 1.70. The van der Waals surface area contributed by atoms with E-state index in [4.69, 9.17) is 0 Å². The van der Waals surface area contributed by atoms with Gasteiger partial charge in [0.15, 0.2) is 0 Å². The molecule has 1 aliphatic heterocycles. The summed E-state index contributed by atoms with van der Waals surface area (Å²) in [5.74, 6) is 0. The summed E-state index contributed by atoms with van der Waals surface area (Å²) in [5.41, 5.74) is 0.234. The van der Waals surface area contributed by atoms with Gasteiger partial charge in [0.1, 0.15) is 0 Å². The minimum atomic E-state index is -0.0841. The molecule has 0 saturated carbocycles. The standard InChI is InChI=1S/C8H17NO/c1-8(2,3)9-5-4-7(10)6-9/h7,10H,4-6H2,1-3H3/t7-/m1/s1. The summed E-state index contributed by atoms with van der Waals surface area (Å²) in [6, 6.07) is 0. The maximum atomic E-state index is 9.22. The fraction of sp³-hybridized carbons (Fsp3) is 1.00. The zero-order chi connectivity index (χ0) is 7.78. The second-order valence-corrected chi connectivity index (χ2v) is 4.06. The Morgan fingerprint density at radius 2 is 2.00 bits per heavy atom. The van der Waals surface area contributed by atoms with Gasteiger partial charge in [0.2, 0.25) is 0 Å². The van der Waals surface area contributed by atoms with E-state index in [1.54, 1.807) is 0 Å². The Kier molecular flexibility index (Phi) is 2.02. The quantitative estimate of drug-likeness (QED) is 0.543. The lowest BCUT2D eigenvalue weighted by atomic mass is 10.1. The number of β-amino-alcohol motifs (C(OH)–C–C–N with tert-alkyl or cyclic N) is 1. The van der Waals surface area contributed by atoms with Crippen molar-refractivity contribution >= 4 is 0 Å². The van der Waals surface area contributed by atoms with E-state index in [-0.39, 0.29) is 11.6 Å². The second-order valence-electron chi connectivity index (χ2n) is 4.06. The van der Waals surface area contributed by atoms with Crippen molar-refractivity contribution in [3.05, 3.63) is 0 Å². The Hall–Kier alpha value is -0.0800. The van der Waals surface area contributed by atoms with Crippen molar-refractivity contribution in [3.63, 3.8) is 0 Å². The molecule has 0 bridgehead atoms. The molecule has 1 atom stereocenters. The summed E-state index contributed by atoms with van der Waals surface area (Å²) in [6.07, 6.45) is 0.858. The lowest BCUT2D eigenvalue weighted by Crippen LogP contribution is -2.39. The number of nitrogens with zero attached hydrogens (tertiary/aromatic N) is 1. The highest BCUT2D eigenvalue weighted by Gasteiger charge is 2.28. The highest BCUT2D eigenvalue weighted by atomic mass is 16.3. The normalized spacial score (nSPS) is 29.4. The first-order valence-electron chi connectivity index (χ1n) is 3.93. The Morgan fingerprint density at radius 3 is 2.20 bits per heavy atom. The average Bonchev–Trinajstić information content (AvgIpc) is 2.11. The van der Waals surface area contributed by atoms with Gasteiger partial charge in [-0.2, -0.15) is 0 Å². The second kappa shape index (κ2) is 2.51. The van der Waals surface area contributed by atoms with Crippen molar-refractivity contribution in [1.29, 1.82) is 0 Å². The van der Waals surface area contributed by atoms with Gasteiger partial charge in [-0.15, -0.1) is 0 Å². The van der Waals surface area contributed by atoms with Crippen LogP contribution >= 0.6 is 0 Å². The van der Waals surface area contributed by atoms with Gasteiger partial charge in [0, 0.05) is 18.6 Å². The lowest BCUT2D eigenvalue weighted by Gasteiger charge is -2.31. The van der Waals surface area contributed by atoms with Crippen molar-refractivity contribution in [2.24, 2.45) is 0 Å². The summed E-state index contributed by atoms with van der Waals surface area (Å²) in [6.45, 7) is 8.45. The number of hydrogen-bond acceptors (Lipinski definition) is 2. The van der Waals surface area contributed by atoms with E-state index in [2.05, 4.69) is 25.7 Å². The molecule has 0 spiro atoms. The van der Waals surface area contributed by atoms with Crippen molar-refractivity contribution in [3.8, 4) is 0 Å². The topological polar surface area (TPSA) is 23.5 Å². The van der Waals surface area contributed by atoms with Crippen LogP contribution in [-0.2, 0) is 0 Å². The van der Waals surface area contributed by atoms with Crippen LogP contribution < -0.4 is 0 Å². The average molecular weight is 143 g/mol. The molecule has 2 nitrogen and oxygen atoms in total. The van der Waals surface area contributed by atoms with Crippen molar-refractivity contribution in [2.45, 2.75) is 38.8 Å². The largest absolute Gasteiger partial charge is 0.392 e. The summed E-state index contributed by atoms with van der Waals surface area (Å²) in [7, 11) is 0. The third-order valence-electron chi connectivity index (χ3n) is 2.11. The lowest BCUT2D eigenvalue weighted by molar-refractivity contribution is 0.130. The molecule has 0 aliphatic carbocycles. The molecule has 0 amide bonds. The first-order valence-corrected chi connectivity index (χ1v) is 3.93. The van der Waals surface area contributed by atoms with E-state index in [9.17, 15) is 5.11 Å². The van der Waals surface area contributed by atoms with Crippen LogP contribution in [0.15, 0.2) is 0 Å². The van der Waals surface area contributed by atoms with Crippen LogP contribution in [0.2, 0.25) is 0 Å². The number of aliphatic hydroxyl groups excluding tert-OH is 1. The molecule has 1 N–H and O–H groups in total. The number of hydrogen-bond donors (Lipinski definition) is 1. The number of rotatable bonds is 0. The first-order chi connectivity index (χ1) is 4.50. The van der Waals surface area contributed by atoms with Crippen LogP contribution in [-0.4, -0.2) is 34.7 Å². The van der Waals surface area contributed by atoms with Crippen LogP contribution in [0.4, 0.5) is 0 Å². The first kappa shape index (κ1) is 8.02. The minimum absolute atomic E-state index is 0.0841. The molecule has 0 aromatic carbocycles. The van der Waals surface area contributed by atoms with Gasteiger partial charge in [0.05, 0.1) is 6.10 Å². The highest BCUT2D eigenvalue weighted by Crippen LogP contribution is 2.19. The van der Waals surface area contributed by atoms with E-state index < -0.39 is 0 Å². The Morgan fingerprint density at radius 1 is 1.40 bits per heavy atom. The van der Waals surface area contributed by atoms with Crippen LogP contribution in [0.5, 0.6) is 0 Å². The third-order valence-corrected chi connectivity index (χ3v) is 2.11. The van der Waals surface area contributed by atoms with Crippen molar-refractivity contribution < 1.29 is 5.11 Å². The van der Waals surface area contributed by atoms with Crippen molar-refractivity contribution in [1.82, 2.24) is 4.90 Å². The van der Waals surface area contributed by atoms with E-state index in [1.165, 1.54) is 0 Å². The van der Waals surface area contributed by atoms with E-state index in [0.717, 1.165) is 19.5 Å². The van der Waals surface area contributed by atoms with Gasteiger partial charge < -0.3 is 5.11 Å². The van der Waals surface area contributed by atoms with Gasteiger partial charge in [-0.25, -0.2) is 0 Å². The summed E-state index contributed by atoms with van der Waals surface area (Å²) in [4.78, 5) is 2.32. The smallest absolute Gasteiger partial charge is 0.0679 e. The fourth-order valence-corrected chi connectivity index (χ4v) is 1.35. The summed E-state index contributed by atoms with van der Waals surface area (Å²) in [5, 5.41) is 9.22. The Labute approximate surface area is 62.8 Å². The molecule has 1 fully saturated rings. The monoisotopic (exact) mass is 143 g/mol. The maximum Gasteiger partial charge on any atom is 0.0679 e. The summed E-state index contributed by atoms with van der Waals surface area (Å²) < 4.78 is 0. The molecule has 2 heteroatoms. The molecule has 0 aromatic heterocycles. The predicted octanol–water partition coefficient (Wildman–Crippen LogP) is 0.851. The molecule has 1 aliphatic rings.